The van der Waals surface area contributed by atoms with Gasteiger partial charge in [0.15, 0.2) is 0 Å². The molecule has 0 unspecified atom stereocenters. The summed E-state index contributed by atoms with van der Waals surface area (Å²) in [6, 6.07) is 13.3. The van der Waals surface area contributed by atoms with Gasteiger partial charge in [-0.15, -0.1) is 0 Å². The Kier molecular flexibility index (Phi) is 5.57. The van der Waals surface area contributed by atoms with E-state index in [-0.39, 0.29) is 10.8 Å². The van der Waals surface area contributed by atoms with Gasteiger partial charge < -0.3 is 10.6 Å². The van der Waals surface area contributed by atoms with Gasteiger partial charge in [-0.05, 0) is 42.8 Å². The molecule has 0 aromatic heterocycles. The number of nitrogens with one attached hydrogen (secondary N) is 2. The van der Waals surface area contributed by atoms with E-state index >= 15 is 0 Å². The van der Waals surface area contributed by atoms with Gasteiger partial charge in [-0.2, -0.15) is 0 Å². The molecule has 3 rings (SSSR count). The first-order valence-electron chi connectivity index (χ1n) is 8.60. The third-order valence-corrected chi connectivity index (χ3v) is 6.02. The average molecular weight is 386 g/mol. The van der Waals surface area contributed by atoms with E-state index in [1.54, 1.807) is 6.07 Å². The van der Waals surface area contributed by atoms with Crippen LogP contribution in [-0.4, -0.2) is 51.7 Å². The summed E-state index contributed by atoms with van der Waals surface area (Å²) in [6.45, 7) is 1.68. The Hall–Kier alpha value is -2.71. The number of amidine groups is 1. The van der Waals surface area contributed by atoms with Crippen LogP contribution in [0.2, 0.25) is 0 Å². The molecule has 0 saturated carbocycles. The van der Waals surface area contributed by atoms with Gasteiger partial charge in [-0.3, -0.25) is 9.79 Å². The van der Waals surface area contributed by atoms with Crippen molar-refractivity contribution in [2.24, 2.45) is 4.99 Å². The summed E-state index contributed by atoms with van der Waals surface area (Å²) in [6.07, 6.45) is 1.01. The number of nitrogens with zero attached hydrogens (tertiary/aromatic N) is 2. The van der Waals surface area contributed by atoms with Crippen LogP contribution in [0.25, 0.3) is 0 Å². The molecule has 1 aliphatic heterocycles. The summed E-state index contributed by atoms with van der Waals surface area (Å²) in [5.74, 6) is 0.523. The molecule has 7 nitrogen and oxygen atoms in total. The normalized spacial score (nSPS) is 14.4. The largest absolute Gasteiger partial charge is 0.370 e. The van der Waals surface area contributed by atoms with Crippen molar-refractivity contribution in [3.05, 3.63) is 59.7 Å². The molecule has 0 atom stereocenters. The van der Waals surface area contributed by atoms with Crippen LogP contribution in [0.15, 0.2) is 58.4 Å². The number of sulfonamides is 1. The lowest BCUT2D eigenvalue weighted by atomic mass is 10.1. The number of amides is 1. The maximum atomic E-state index is 12.5. The molecule has 1 heterocycles. The highest BCUT2D eigenvalue weighted by molar-refractivity contribution is 7.89. The summed E-state index contributed by atoms with van der Waals surface area (Å²) in [5, 5.41) is 6.09. The Labute approximate surface area is 159 Å². The fraction of sp³-hybridized carbons (Fsp3) is 0.263. The Balaban J connectivity index is 1.75. The first-order valence-corrected chi connectivity index (χ1v) is 10.0. The summed E-state index contributed by atoms with van der Waals surface area (Å²) in [7, 11) is -0.581. The minimum Gasteiger partial charge on any atom is -0.370 e. The van der Waals surface area contributed by atoms with Gasteiger partial charge in [-0.25, -0.2) is 12.7 Å². The molecule has 0 saturated heterocycles. The van der Waals surface area contributed by atoms with E-state index in [1.807, 2.05) is 18.2 Å². The van der Waals surface area contributed by atoms with Crippen molar-refractivity contribution < 1.29 is 13.2 Å². The molecule has 0 aliphatic carbocycles. The standard InChI is InChI=1S/C19H22N4O3S/c1-23(2)27(25,26)17-9-7-14(8-10-17)19(24)22-16-6-3-5-15(13-16)18-20-11-4-12-21-18/h3,5-10,13H,4,11-12H2,1-2H3,(H,20,21)(H,22,24). The van der Waals surface area contributed by atoms with Crippen molar-refractivity contribution in [2.75, 3.05) is 32.5 Å². The minimum absolute atomic E-state index is 0.146. The second-order valence-electron chi connectivity index (χ2n) is 6.36. The summed E-state index contributed by atoms with van der Waals surface area (Å²) < 4.78 is 25.3. The zero-order valence-electron chi connectivity index (χ0n) is 15.3. The third kappa shape index (κ3) is 4.35. The van der Waals surface area contributed by atoms with E-state index in [2.05, 4.69) is 15.6 Å². The number of hydrogen-bond donors (Lipinski definition) is 2. The zero-order chi connectivity index (χ0) is 19.4. The molecule has 0 radical (unpaired) electrons. The van der Waals surface area contributed by atoms with E-state index in [0.717, 1.165) is 35.2 Å². The highest BCUT2D eigenvalue weighted by Gasteiger charge is 2.17. The first-order chi connectivity index (χ1) is 12.9. The number of benzene rings is 2. The van der Waals surface area contributed by atoms with E-state index in [9.17, 15) is 13.2 Å². The van der Waals surface area contributed by atoms with E-state index < -0.39 is 10.0 Å². The van der Waals surface area contributed by atoms with Gasteiger partial charge >= 0.3 is 0 Å². The molecule has 8 heteroatoms. The molecular weight excluding hydrogens is 364 g/mol. The second kappa shape index (κ2) is 7.89. The van der Waals surface area contributed by atoms with Gasteiger partial charge in [0.05, 0.1) is 4.90 Å². The van der Waals surface area contributed by atoms with E-state index in [4.69, 9.17) is 0 Å². The van der Waals surface area contributed by atoms with E-state index in [0.29, 0.717) is 11.3 Å². The molecule has 0 fully saturated rings. The summed E-state index contributed by atoms with van der Waals surface area (Å²) in [5.41, 5.74) is 1.95. The second-order valence-corrected chi connectivity index (χ2v) is 8.51. The fourth-order valence-electron chi connectivity index (χ4n) is 2.66. The molecule has 1 aliphatic rings. The molecule has 0 bridgehead atoms. The van der Waals surface area contributed by atoms with Crippen molar-refractivity contribution in [1.29, 1.82) is 0 Å². The molecule has 2 aromatic rings. The molecule has 142 valence electrons. The maximum Gasteiger partial charge on any atom is 0.255 e. The quantitative estimate of drug-likeness (QED) is 0.821. The molecular formula is C19H22N4O3S. The number of anilines is 1. The number of carbonyl (C=O) groups is 1. The van der Waals surface area contributed by atoms with Crippen LogP contribution < -0.4 is 10.6 Å². The summed E-state index contributed by atoms with van der Waals surface area (Å²) in [4.78, 5) is 17.1. The van der Waals surface area contributed by atoms with Crippen molar-refractivity contribution in [2.45, 2.75) is 11.3 Å². The molecule has 27 heavy (non-hydrogen) atoms. The maximum absolute atomic E-state index is 12.5. The van der Waals surface area contributed by atoms with Crippen molar-refractivity contribution in [3.63, 3.8) is 0 Å². The molecule has 1 amide bonds. The van der Waals surface area contributed by atoms with Crippen LogP contribution >= 0.6 is 0 Å². The van der Waals surface area contributed by atoms with Crippen molar-refractivity contribution in [1.82, 2.24) is 9.62 Å². The van der Waals surface area contributed by atoms with Crippen LogP contribution in [-0.2, 0) is 10.0 Å². The Morgan fingerprint density at radius 2 is 1.89 bits per heavy atom. The van der Waals surface area contributed by atoms with E-state index in [1.165, 1.54) is 38.4 Å². The number of aliphatic imine (C=N–C) groups is 1. The van der Waals surface area contributed by atoms with Gasteiger partial charge in [0.1, 0.15) is 5.84 Å². The Bertz CT molecular complexity index is 967. The van der Waals surface area contributed by atoms with Gasteiger partial charge in [0.25, 0.3) is 5.91 Å². The first kappa shape index (κ1) is 19.1. The number of hydrogen-bond acceptors (Lipinski definition) is 5. The smallest absolute Gasteiger partial charge is 0.255 e. The predicted molar refractivity (Wildman–Crippen MR) is 106 cm³/mol. The van der Waals surface area contributed by atoms with Gasteiger partial charge in [-0.1, -0.05) is 12.1 Å². The summed E-state index contributed by atoms with van der Waals surface area (Å²) >= 11 is 0. The highest BCUT2D eigenvalue weighted by atomic mass is 32.2. The monoisotopic (exact) mass is 386 g/mol. The number of rotatable bonds is 5. The lowest BCUT2D eigenvalue weighted by molar-refractivity contribution is 0.102. The molecule has 2 N–H and O–H groups in total. The molecule has 2 aromatic carbocycles. The Morgan fingerprint density at radius 3 is 2.52 bits per heavy atom. The molecule has 0 spiro atoms. The van der Waals surface area contributed by atoms with Crippen LogP contribution in [0.5, 0.6) is 0 Å². The minimum atomic E-state index is -3.51. The predicted octanol–water partition coefficient (Wildman–Crippen LogP) is 1.93. The Morgan fingerprint density at radius 1 is 1.15 bits per heavy atom. The average Bonchev–Trinajstić information content (AvgIpc) is 2.69. The number of carbonyl (C=O) groups excluding carboxylic acids is 1. The van der Waals surface area contributed by atoms with Crippen LogP contribution in [0.4, 0.5) is 5.69 Å². The van der Waals surface area contributed by atoms with Crippen molar-refractivity contribution in [3.8, 4) is 0 Å². The fourth-order valence-corrected chi connectivity index (χ4v) is 3.56. The van der Waals surface area contributed by atoms with Gasteiger partial charge in [0, 0.05) is 44.0 Å². The highest BCUT2D eigenvalue weighted by Crippen LogP contribution is 2.16. The SMILES string of the molecule is CN(C)S(=O)(=O)c1ccc(C(=O)Nc2cccc(C3=NCCCN3)c2)cc1. The lowest BCUT2D eigenvalue weighted by Gasteiger charge is -2.15. The van der Waals surface area contributed by atoms with Crippen molar-refractivity contribution >= 4 is 27.5 Å². The van der Waals surface area contributed by atoms with Crippen LogP contribution in [0, 0.1) is 0 Å². The third-order valence-electron chi connectivity index (χ3n) is 4.19. The van der Waals surface area contributed by atoms with Crippen LogP contribution in [0.3, 0.4) is 0 Å². The van der Waals surface area contributed by atoms with Gasteiger partial charge in [0.2, 0.25) is 10.0 Å². The van der Waals surface area contributed by atoms with Crippen LogP contribution in [0.1, 0.15) is 22.3 Å². The topological polar surface area (TPSA) is 90.9 Å². The zero-order valence-corrected chi connectivity index (χ0v) is 16.1. The lowest BCUT2D eigenvalue weighted by Crippen LogP contribution is -2.30.